The fourth-order valence-electron chi connectivity index (χ4n) is 4.29. The molecule has 1 amide bonds. The molecule has 1 saturated heterocycles. The van der Waals surface area contributed by atoms with Crippen molar-refractivity contribution in [3.63, 3.8) is 0 Å². The molecule has 1 aliphatic rings. The molecule has 1 aliphatic heterocycles. The van der Waals surface area contributed by atoms with Crippen LogP contribution in [0, 0.1) is 5.92 Å². The summed E-state index contributed by atoms with van der Waals surface area (Å²) >= 11 is 5.88. The smallest absolute Gasteiger partial charge is 0.328 e. The van der Waals surface area contributed by atoms with Crippen molar-refractivity contribution in [2.75, 3.05) is 6.54 Å². The van der Waals surface area contributed by atoms with E-state index in [1.807, 2.05) is 0 Å². The Bertz CT molecular complexity index is 1230. The molecule has 192 valence electrons. The van der Waals surface area contributed by atoms with Gasteiger partial charge in [0, 0.05) is 44.5 Å². The van der Waals surface area contributed by atoms with Gasteiger partial charge in [0.05, 0.1) is 22.8 Å². The van der Waals surface area contributed by atoms with E-state index in [0.717, 1.165) is 9.70 Å². The Morgan fingerprint density at radius 1 is 1.14 bits per heavy atom. The van der Waals surface area contributed by atoms with Gasteiger partial charge >= 0.3 is 6.18 Å². The predicted molar refractivity (Wildman–Crippen MR) is 118 cm³/mol. The van der Waals surface area contributed by atoms with Crippen molar-refractivity contribution < 1.29 is 26.7 Å². The van der Waals surface area contributed by atoms with Crippen LogP contribution in [0.1, 0.15) is 41.6 Å². The van der Waals surface area contributed by atoms with Crippen molar-refractivity contribution >= 4 is 17.5 Å². The number of nitrogens with zero attached hydrogens (tertiary/aromatic N) is 7. The minimum absolute atomic E-state index is 0.0918. The van der Waals surface area contributed by atoms with Crippen LogP contribution in [0.2, 0.25) is 5.02 Å². The van der Waals surface area contributed by atoms with E-state index in [9.17, 15) is 26.7 Å². The minimum Gasteiger partial charge on any atom is -0.328 e. The van der Waals surface area contributed by atoms with Crippen LogP contribution in [-0.2, 0) is 19.6 Å². The average Bonchev–Trinajstić information content (AvgIpc) is 3.19. The molecule has 0 unspecified atom stereocenters. The zero-order valence-corrected chi connectivity index (χ0v) is 19.9. The summed E-state index contributed by atoms with van der Waals surface area (Å²) in [5.74, 6) is -4.37. The van der Waals surface area contributed by atoms with Crippen LogP contribution >= 0.6 is 11.6 Å². The molecular weight excluding hydrogens is 509 g/mol. The molecule has 4 heterocycles. The lowest BCUT2D eigenvalue weighted by atomic mass is 9.85. The number of rotatable bonds is 5. The maximum Gasteiger partial charge on any atom is 0.419 e. The summed E-state index contributed by atoms with van der Waals surface area (Å²) in [4.78, 5) is 27.4. The largest absolute Gasteiger partial charge is 0.419 e. The molecule has 14 heteroatoms. The number of pyridine rings is 1. The maximum atomic E-state index is 14.6. The molecule has 0 saturated carbocycles. The lowest BCUT2D eigenvalue weighted by Gasteiger charge is -2.43. The second-order valence-corrected chi connectivity index (χ2v) is 9.15. The first-order valence-corrected chi connectivity index (χ1v) is 11.3. The van der Waals surface area contributed by atoms with Crippen LogP contribution in [-0.4, -0.2) is 59.3 Å². The van der Waals surface area contributed by atoms with Crippen LogP contribution in [0.4, 0.5) is 22.0 Å². The molecule has 0 spiro atoms. The summed E-state index contributed by atoms with van der Waals surface area (Å²) in [6.45, 7) is 0.767. The Balaban J connectivity index is 1.60. The van der Waals surface area contributed by atoms with Crippen molar-refractivity contribution in [1.82, 2.24) is 34.8 Å². The number of aryl methyl sites for hydroxylation is 2. The Morgan fingerprint density at radius 3 is 2.44 bits per heavy atom. The van der Waals surface area contributed by atoms with Crippen molar-refractivity contribution in [2.45, 2.75) is 44.3 Å². The number of aromatic nitrogens is 6. The van der Waals surface area contributed by atoms with Gasteiger partial charge in [-0.15, -0.1) is 5.10 Å². The first kappa shape index (κ1) is 25.9. The second-order valence-electron chi connectivity index (χ2n) is 8.71. The van der Waals surface area contributed by atoms with E-state index in [1.54, 1.807) is 13.0 Å². The van der Waals surface area contributed by atoms with Gasteiger partial charge in [0.25, 0.3) is 11.8 Å². The highest BCUT2D eigenvalue weighted by Crippen LogP contribution is 2.37. The molecule has 3 aromatic heterocycles. The van der Waals surface area contributed by atoms with E-state index < -0.39 is 48.5 Å². The maximum absolute atomic E-state index is 14.6. The zero-order valence-electron chi connectivity index (χ0n) is 19.2. The topological polar surface area (TPSA) is 89.7 Å². The number of amides is 1. The molecule has 3 aromatic rings. The molecule has 0 aromatic carbocycles. The molecule has 36 heavy (non-hydrogen) atoms. The highest BCUT2D eigenvalue weighted by molar-refractivity contribution is 6.30. The molecule has 0 radical (unpaired) electrons. The van der Waals surface area contributed by atoms with Gasteiger partial charge in [0.2, 0.25) is 0 Å². The molecule has 2 atom stereocenters. The molecule has 4 rings (SSSR count). The van der Waals surface area contributed by atoms with Crippen molar-refractivity contribution in [3.05, 3.63) is 52.8 Å². The SMILES string of the molecule is C[C@@H]1CC(F)(F)CN(C(=O)c2nn(C)nc2-c2ccc(Cl)cn2)[C@@H]1CCc1ncc(C(F)(F)F)cn1. The Hall–Kier alpha value is -3.22. The van der Waals surface area contributed by atoms with E-state index in [0.29, 0.717) is 23.1 Å². The third-order valence-electron chi connectivity index (χ3n) is 5.92. The lowest BCUT2D eigenvalue weighted by Crippen LogP contribution is -2.55. The first-order chi connectivity index (χ1) is 16.8. The van der Waals surface area contributed by atoms with Gasteiger partial charge in [0.15, 0.2) is 5.69 Å². The fourth-order valence-corrected chi connectivity index (χ4v) is 4.40. The van der Waals surface area contributed by atoms with Crippen LogP contribution in [0.15, 0.2) is 30.7 Å². The zero-order chi connectivity index (χ0) is 26.3. The Morgan fingerprint density at radius 2 is 1.83 bits per heavy atom. The third-order valence-corrected chi connectivity index (χ3v) is 6.15. The number of alkyl halides is 5. The van der Waals surface area contributed by atoms with E-state index in [2.05, 4.69) is 25.1 Å². The minimum atomic E-state index is -4.57. The fraction of sp³-hybridized carbons (Fsp3) is 0.455. The quantitative estimate of drug-likeness (QED) is 0.453. The van der Waals surface area contributed by atoms with Crippen LogP contribution in [0.5, 0.6) is 0 Å². The van der Waals surface area contributed by atoms with E-state index in [4.69, 9.17) is 11.6 Å². The Labute approximate surface area is 207 Å². The summed E-state index contributed by atoms with van der Waals surface area (Å²) in [5, 5.41) is 8.66. The molecule has 0 N–H and O–H groups in total. The number of carbonyl (C=O) groups excluding carboxylic acids is 1. The number of hydrogen-bond acceptors (Lipinski definition) is 6. The molecule has 0 aliphatic carbocycles. The highest BCUT2D eigenvalue weighted by Gasteiger charge is 2.47. The molecule has 0 bridgehead atoms. The van der Waals surface area contributed by atoms with Crippen LogP contribution in [0.3, 0.4) is 0 Å². The number of hydrogen-bond donors (Lipinski definition) is 0. The summed E-state index contributed by atoms with van der Waals surface area (Å²) in [5.41, 5.74) is -0.722. The molecule has 1 fully saturated rings. The van der Waals surface area contributed by atoms with Gasteiger partial charge < -0.3 is 4.90 Å². The van der Waals surface area contributed by atoms with Crippen molar-refractivity contribution in [3.8, 4) is 11.4 Å². The number of carbonyl (C=O) groups is 1. The normalized spacial score (nSPS) is 19.9. The standard InChI is InChI=1S/C22H21ClF5N7O/c1-12-7-21(24,25)11-35(16(12)5-6-17-30-8-13(9-31-17)22(26,27)28)20(36)19-18(32-34(2)33-19)15-4-3-14(23)10-29-15/h3-4,8-10,12,16H,5-7,11H2,1-2H3/t12-,16-/m1/s1. The van der Waals surface area contributed by atoms with Crippen LogP contribution in [0.25, 0.3) is 11.4 Å². The third kappa shape index (κ3) is 5.61. The molecular formula is C22H21ClF5N7O. The van der Waals surface area contributed by atoms with Crippen LogP contribution < -0.4 is 0 Å². The Kier molecular flexibility index (Phi) is 6.95. The van der Waals surface area contributed by atoms with Crippen molar-refractivity contribution in [2.24, 2.45) is 13.0 Å². The highest BCUT2D eigenvalue weighted by atomic mass is 35.5. The predicted octanol–water partition coefficient (Wildman–Crippen LogP) is 4.46. The average molecular weight is 530 g/mol. The number of likely N-dealkylation sites (tertiary alicyclic amines) is 1. The van der Waals surface area contributed by atoms with Gasteiger partial charge in [-0.1, -0.05) is 18.5 Å². The summed E-state index contributed by atoms with van der Waals surface area (Å²) in [6.07, 6.45) is -2.04. The van der Waals surface area contributed by atoms with Gasteiger partial charge in [-0.2, -0.15) is 23.1 Å². The first-order valence-electron chi connectivity index (χ1n) is 10.9. The van der Waals surface area contributed by atoms with Gasteiger partial charge in [-0.05, 0) is 24.5 Å². The van der Waals surface area contributed by atoms with E-state index in [-0.39, 0.29) is 30.1 Å². The second kappa shape index (κ2) is 9.68. The monoisotopic (exact) mass is 529 g/mol. The van der Waals surface area contributed by atoms with E-state index in [1.165, 1.54) is 19.3 Å². The van der Waals surface area contributed by atoms with Gasteiger partial charge in [-0.25, -0.2) is 18.7 Å². The number of piperidine rings is 1. The summed E-state index contributed by atoms with van der Waals surface area (Å²) < 4.78 is 67.4. The molecule has 8 nitrogen and oxygen atoms in total. The van der Waals surface area contributed by atoms with Crippen molar-refractivity contribution in [1.29, 1.82) is 0 Å². The number of halogens is 6. The summed E-state index contributed by atoms with van der Waals surface area (Å²) in [7, 11) is 1.49. The van der Waals surface area contributed by atoms with Gasteiger partial charge in [-0.3, -0.25) is 9.78 Å². The van der Waals surface area contributed by atoms with E-state index >= 15 is 0 Å². The summed E-state index contributed by atoms with van der Waals surface area (Å²) in [6, 6.07) is 2.43. The lowest BCUT2D eigenvalue weighted by molar-refractivity contribution is -0.138. The van der Waals surface area contributed by atoms with Gasteiger partial charge in [0.1, 0.15) is 11.5 Å².